The van der Waals surface area contributed by atoms with Gasteiger partial charge in [-0.05, 0) is 22.4 Å². The zero-order valence-electron chi connectivity index (χ0n) is 9.80. The molecule has 96 valence electrons. The first-order valence-corrected chi connectivity index (χ1v) is 7.88. The Hall–Kier alpha value is -0.470. The quantitative estimate of drug-likeness (QED) is 0.861. The molecule has 0 spiro atoms. The molecule has 7 heteroatoms. The summed E-state index contributed by atoms with van der Waals surface area (Å²) in [7, 11) is -1.67. The lowest BCUT2D eigenvalue weighted by molar-refractivity contribution is 0.324. The predicted octanol–water partition coefficient (Wildman–Crippen LogP) is 0.330. The summed E-state index contributed by atoms with van der Waals surface area (Å²) in [6.45, 7) is 3.00. The molecule has 1 saturated heterocycles. The van der Waals surface area contributed by atoms with E-state index in [-0.39, 0.29) is 0 Å². The second-order valence-electron chi connectivity index (χ2n) is 4.04. The van der Waals surface area contributed by atoms with E-state index >= 15 is 0 Å². The first-order chi connectivity index (χ1) is 8.10. The number of hydrogen-bond donors (Lipinski definition) is 1. The van der Waals surface area contributed by atoms with Crippen molar-refractivity contribution in [3.63, 3.8) is 0 Å². The van der Waals surface area contributed by atoms with Crippen molar-refractivity contribution in [2.24, 2.45) is 0 Å². The van der Waals surface area contributed by atoms with E-state index in [0.29, 0.717) is 19.6 Å². The predicted molar refractivity (Wildman–Crippen MR) is 69.1 cm³/mol. The highest BCUT2D eigenvalue weighted by Crippen LogP contribution is 2.14. The van der Waals surface area contributed by atoms with Gasteiger partial charge in [-0.15, -0.1) is 0 Å². The van der Waals surface area contributed by atoms with E-state index < -0.39 is 10.2 Å². The van der Waals surface area contributed by atoms with Crippen LogP contribution in [0.2, 0.25) is 0 Å². The molecule has 5 nitrogen and oxygen atoms in total. The van der Waals surface area contributed by atoms with Crippen LogP contribution < -0.4 is 5.32 Å². The van der Waals surface area contributed by atoms with Crippen LogP contribution >= 0.6 is 11.3 Å². The molecule has 0 aliphatic carbocycles. The Morgan fingerprint density at radius 3 is 2.76 bits per heavy atom. The molecule has 2 heterocycles. The zero-order valence-corrected chi connectivity index (χ0v) is 11.4. The fraction of sp³-hybridized carbons (Fsp3) is 0.600. The summed E-state index contributed by atoms with van der Waals surface area (Å²) in [6, 6.07) is 1.95. The summed E-state index contributed by atoms with van der Waals surface area (Å²) < 4.78 is 27.4. The fourth-order valence-corrected chi connectivity index (χ4v) is 3.80. The van der Waals surface area contributed by atoms with E-state index in [1.54, 1.807) is 18.4 Å². The van der Waals surface area contributed by atoms with Crippen LogP contribution in [-0.4, -0.2) is 50.3 Å². The van der Waals surface area contributed by atoms with Crippen molar-refractivity contribution >= 4 is 21.5 Å². The van der Waals surface area contributed by atoms with Crippen LogP contribution in [-0.2, 0) is 16.8 Å². The van der Waals surface area contributed by atoms with E-state index in [0.717, 1.165) is 18.7 Å². The Bertz CT molecular complexity index is 438. The summed E-state index contributed by atoms with van der Waals surface area (Å²) in [5, 5.41) is 7.08. The summed E-state index contributed by atoms with van der Waals surface area (Å²) in [4.78, 5) is 0. The molecular weight excluding hydrogens is 258 g/mol. The molecule has 0 unspecified atom stereocenters. The average molecular weight is 275 g/mol. The summed E-state index contributed by atoms with van der Waals surface area (Å²) in [5.74, 6) is 0. The monoisotopic (exact) mass is 275 g/mol. The molecular formula is C10H17N3O2S2. The number of hydrogen-bond acceptors (Lipinski definition) is 4. The first-order valence-electron chi connectivity index (χ1n) is 5.54. The maximum Gasteiger partial charge on any atom is 0.282 e. The maximum atomic E-state index is 12.2. The van der Waals surface area contributed by atoms with Crippen molar-refractivity contribution in [2.45, 2.75) is 6.54 Å². The van der Waals surface area contributed by atoms with Gasteiger partial charge in [0.05, 0.1) is 0 Å². The SMILES string of the molecule is CN(Cc1ccsc1)S(=O)(=O)N1CCNCC1. The largest absolute Gasteiger partial charge is 0.314 e. The smallest absolute Gasteiger partial charge is 0.282 e. The standard InChI is InChI=1S/C10H17N3O2S2/c1-12(8-10-2-7-16-9-10)17(14,15)13-5-3-11-4-6-13/h2,7,9,11H,3-6,8H2,1H3. The number of nitrogens with one attached hydrogen (secondary N) is 1. The minimum Gasteiger partial charge on any atom is -0.314 e. The van der Waals surface area contributed by atoms with Crippen LogP contribution in [0.25, 0.3) is 0 Å². The molecule has 0 atom stereocenters. The highest BCUT2D eigenvalue weighted by molar-refractivity contribution is 7.86. The van der Waals surface area contributed by atoms with Crippen LogP contribution in [0.3, 0.4) is 0 Å². The lowest BCUT2D eigenvalue weighted by Gasteiger charge is -2.30. The lowest BCUT2D eigenvalue weighted by Crippen LogP contribution is -2.50. The minimum absolute atomic E-state index is 0.440. The zero-order chi connectivity index (χ0) is 12.3. The van der Waals surface area contributed by atoms with Gasteiger partial charge in [0.15, 0.2) is 0 Å². The van der Waals surface area contributed by atoms with Crippen molar-refractivity contribution in [1.82, 2.24) is 13.9 Å². The fourth-order valence-electron chi connectivity index (χ4n) is 1.79. The first kappa shape index (κ1) is 13.0. The van der Waals surface area contributed by atoms with Crippen molar-refractivity contribution < 1.29 is 8.42 Å². The molecule has 0 amide bonds. The third kappa shape index (κ3) is 3.05. The normalized spacial score (nSPS) is 18.7. The van der Waals surface area contributed by atoms with E-state index in [9.17, 15) is 8.42 Å². The van der Waals surface area contributed by atoms with Crippen LogP contribution in [0.5, 0.6) is 0 Å². The second-order valence-corrected chi connectivity index (χ2v) is 6.86. The van der Waals surface area contributed by atoms with Crippen LogP contribution in [0.4, 0.5) is 0 Å². The molecule has 1 aliphatic rings. The molecule has 1 aliphatic heterocycles. The second kappa shape index (κ2) is 5.45. The van der Waals surface area contributed by atoms with Gasteiger partial charge in [-0.3, -0.25) is 0 Å². The summed E-state index contributed by atoms with van der Waals surface area (Å²) in [5.41, 5.74) is 1.04. The van der Waals surface area contributed by atoms with E-state index in [2.05, 4.69) is 5.32 Å². The van der Waals surface area contributed by atoms with Gasteiger partial charge < -0.3 is 5.32 Å². The van der Waals surface area contributed by atoms with Crippen molar-refractivity contribution in [3.8, 4) is 0 Å². The molecule has 17 heavy (non-hydrogen) atoms. The molecule has 0 bridgehead atoms. The Morgan fingerprint density at radius 1 is 1.47 bits per heavy atom. The highest BCUT2D eigenvalue weighted by Gasteiger charge is 2.27. The maximum absolute atomic E-state index is 12.2. The third-order valence-corrected chi connectivity index (χ3v) is 5.45. The highest BCUT2D eigenvalue weighted by atomic mass is 32.2. The van der Waals surface area contributed by atoms with Gasteiger partial charge in [0, 0.05) is 39.8 Å². The van der Waals surface area contributed by atoms with Gasteiger partial charge in [0.2, 0.25) is 0 Å². The Kier molecular flexibility index (Phi) is 4.16. The lowest BCUT2D eigenvalue weighted by atomic mass is 10.3. The Balaban J connectivity index is 2.03. The average Bonchev–Trinajstić information content (AvgIpc) is 2.83. The number of nitrogens with zero attached hydrogens (tertiary/aromatic N) is 2. The Morgan fingerprint density at radius 2 is 2.18 bits per heavy atom. The van der Waals surface area contributed by atoms with Gasteiger partial charge in [0.1, 0.15) is 0 Å². The number of piperazine rings is 1. The minimum atomic E-state index is -3.31. The van der Waals surface area contributed by atoms with E-state index in [1.807, 2.05) is 16.8 Å². The van der Waals surface area contributed by atoms with E-state index in [4.69, 9.17) is 0 Å². The van der Waals surface area contributed by atoms with E-state index in [1.165, 1.54) is 8.61 Å². The van der Waals surface area contributed by atoms with Crippen molar-refractivity contribution in [3.05, 3.63) is 22.4 Å². The Labute approximate surface area is 106 Å². The van der Waals surface area contributed by atoms with Gasteiger partial charge in [-0.25, -0.2) is 0 Å². The molecule has 1 aromatic heterocycles. The topological polar surface area (TPSA) is 52.7 Å². The molecule has 0 radical (unpaired) electrons. The van der Waals surface area contributed by atoms with Gasteiger partial charge >= 0.3 is 0 Å². The van der Waals surface area contributed by atoms with Gasteiger partial charge in [-0.1, -0.05) is 0 Å². The molecule has 1 aromatic rings. The summed E-state index contributed by atoms with van der Waals surface area (Å²) in [6.07, 6.45) is 0. The molecule has 0 saturated carbocycles. The number of thiophene rings is 1. The molecule has 1 fully saturated rings. The van der Waals surface area contributed by atoms with Crippen LogP contribution in [0.1, 0.15) is 5.56 Å². The van der Waals surface area contributed by atoms with Crippen LogP contribution in [0.15, 0.2) is 16.8 Å². The van der Waals surface area contributed by atoms with Gasteiger partial charge in [0.25, 0.3) is 10.2 Å². The van der Waals surface area contributed by atoms with Gasteiger partial charge in [-0.2, -0.15) is 28.4 Å². The molecule has 0 aromatic carbocycles. The van der Waals surface area contributed by atoms with Crippen LogP contribution in [0, 0.1) is 0 Å². The number of rotatable bonds is 4. The summed E-state index contributed by atoms with van der Waals surface area (Å²) >= 11 is 1.58. The van der Waals surface area contributed by atoms with Crippen molar-refractivity contribution in [1.29, 1.82) is 0 Å². The third-order valence-electron chi connectivity index (χ3n) is 2.78. The van der Waals surface area contributed by atoms with Crippen molar-refractivity contribution in [2.75, 3.05) is 33.2 Å². The molecule has 2 rings (SSSR count). The molecule has 1 N–H and O–H groups in total.